The van der Waals surface area contributed by atoms with Crippen LogP contribution in [0.5, 0.6) is 0 Å². The molecule has 0 radical (unpaired) electrons. The highest BCUT2D eigenvalue weighted by Crippen LogP contribution is 2.57. The minimum Gasteiger partial charge on any atom is -0.310 e. The summed E-state index contributed by atoms with van der Waals surface area (Å²) in [6, 6.07) is 95.2. The Balaban J connectivity index is 0.942. The van der Waals surface area contributed by atoms with Gasteiger partial charge in [0.1, 0.15) is 0 Å². The van der Waals surface area contributed by atoms with Gasteiger partial charge in [-0.3, -0.25) is 0 Å². The third-order valence-corrected chi connectivity index (χ3v) is 14.4. The fourth-order valence-electron chi connectivity index (χ4n) is 11.3. The molecular weight excluding hydrogens is 833 g/mol. The Morgan fingerprint density at radius 3 is 1.93 bits per heavy atom. The molecule has 1 unspecified atom stereocenters. The summed E-state index contributed by atoms with van der Waals surface area (Å²) in [6.45, 7) is 0. The minimum atomic E-state index is -0.561. The first-order valence-corrected chi connectivity index (χ1v) is 24.0. The van der Waals surface area contributed by atoms with Crippen LogP contribution < -0.4 is 4.90 Å². The van der Waals surface area contributed by atoms with Crippen LogP contribution in [0.3, 0.4) is 0 Å². The summed E-state index contributed by atoms with van der Waals surface area (Å²) >= 11 is 0. The first-order valence-electron chi connectivity index (χ1n) is 24.0. The van der Waals surface area contributed by atoms with E-state index in [4.69, 9.17) is 0 Å². The molecule has 69 heavy (non-hydrogen) atoms. The zero-order valence-electron chi connectivity index (χ0n) is 38.1. The van der Waals surface area contributed by atoms with Crippen LogP contribution in [0.2, 0.25) is 0 Å². The Morgan fingerprint density at radius 2 is 1.10 bits per heavy atom. The number of hydrogen-bond acceptors (Lipinski definition) is 1. The molecule has 13 rings (SSSR count). The molecule has 1 heterocycles. The van der Waals surface area contributed by atoms with Crippen LogP contribution in [0.25, 0.3) is 60.9 Å². The van der Waals surface area contributed by atoms with Gasteiger partial charge in [0.15, 0.2) is 0 Å². The standard InChI is InChI=1S/C67H46N2/c1-5-19-47(20-6-1)48-35-38-56(39-36-48)68(58-40-41-60-59-31-13-15-33-63(59)67(64(60)46-58,53-24-7-2-8-25-53)54-26-9-3-10-27-54)57-30-18-23-51(44-57)49-21-17-22-50(43-49)52-37-42-66-62(45-52)61-32-14-16-34-65(61)69(66)55-28-11-4-12-29-55/h1-2,4-9,11-16,18-20,22-46H,17,21H2. The summed E-state index contributed by atoms with van der Waals surface area (Å²) < 4.78 is 2.39. The van der Waals surface area contributed by atoms with Gasteiger partial charge in [-0.05, 0) is 165 Å². The molecule has 0 spiro atoms. The fraction of sp³-hybridized carbons (Fsp3) is 0.0448. The molecular formula is C67H46N2. The lowest BCUT2D eigenvalue weighted by atomic mass is 9.68. The number of nitrogens with zero attached hydrogens (tertiary/aromatic N) is 2. The Bertz CT molecular complexity index is 3710. The van der Waals surface area contributed by atoms with Gasteiger partial charge in [-0.1, -0.05) is 182 Å². The molecule has 1 aromatic heterocycles. The van der Waals surface area contributed by atoms with Crippen molar-refractivity contribution in [3.8, 4) is 27.9 Å². The molecule has 11 aromatic rings. The van der Waals surface area contributed by atoms with Crippen molar-refractivity contribution in [1.82, 2.24) is 4.57 Å². The van der Waals surface area contributed by atoms with Crippen molar-refractivity contribution < 1.29 is 0 Å². The summed E-state index contributed by atoms with van der Waals surface area (Å²) in [6.07, 6.45) is 6.78. The monoisotopic (exact) mass is 878 g/mol. The van der Waals surface area contributed by atoms with E-state index in [1.54, 1.807) is 0 Å². The molecule has 2 aliphatic carbocycles. The molecule has 0 saturated heterocycles. The molecule has 2 aliphatic rings. The summed E-state index contributed by atoms with van der Waals surface area (Å²) in [7, 11) is 0. The third-order valence-electron chi connectivity index (χ3n) is 14.4. The zero-order chi connectivity index (χ0) is 45.7. The van der Waals surface area contributed by atoms with Gasteiger partial charge in [0.2, 0.25) is 0 Å². The number of hydrogen-bond donors (Lipinski definition) is 0. The molecule has 10 aromatic carbocycles. The zero-order valence-corrected chi connectivity index (χ0v) is 38.1. The number of para-hydroxylation sites is 2. The molecule has 0 bridgehead atoms. The van der Waals surface area contributed by atoms with Crippen LogP contribution in [-0.2, 0) is 5.41 Å². The molecule has 0 N–H and O–H groups in total. The average Bonchev–Trinajstić information content (AvgIpc) is 3.92. The normalized spacial score (nSPS) is 13.6. The van der Waals surface area contributed by atoms with Crippen LogP contribution >= 0.6 is 0 Å². The van der Waals surface area contributed by atoms with Crippen LogP contribution in [-0.4, -0.2) is 4.57 Å². The van der Waals surface area contributed by atoms with E-state index in [2.05, 4.69) is 270 Å². The first-order chi connectivity index (χ1) is 34.2. The van der Waals surface area contributed by atoms with E-state index in [0.29, 0.717) is 0 Å². The Hall–Kier alpha value is -8.90. The van der Waals surface area contributed by atoms with Crippen LogP contribution in [0.1, 0.15) is 46.2 Å². The molecule has 0 saturated carbocycles. The lowest BCUT2D eigenvalue weighted by Gasteiger charge is -2.34. The van der Waals surface area contributed by atoms with Crippen LogP contribution in [0.4, 0.5) is 17.1 Å². The maximum atomic E-state index is 3.33. The van der Waals surface area contributed by atoms with Crippen molar-refractivity contribution in [2.24, 2.45) is 0 Å². The van der Waals surface area contributed by atoms with Gasteiger partial charge in [-0.25, -0.2) is 0 Å². The highest BCUT2D eigenvalue weighted by molar-refractivity contribution is 6.10. The summed E-state index contributed by atoms with van der Waals surface area (Å²) in [5.74, 6) is 0. The van der Waals surface area contributed by atoms with Gasteiger partial charge in [0.25, 0.3) is 0 Å². The van der Waals surface area contributed by atoms with Crippen molar-refractivity contribution in [2.75, 3.05) is 4.90 Å². The van der Waals surface area contributed by atoms with Gasteiger partial charge in [-0.2, -0.15) is 0 Å². The lowest BCUT2D eigenvalue weighted by molar-refractivity contribution is 0.768. The average molecular weight is 879 g/mol. The Kier molecular flexibility index (Phi) is 9.81. The number of allylic oxidation sites excluding steroid dienone is 4. The van der Waals surface area contributed by atoms with Crippen molar-refractivity contribution in [3.05, 3.63) is 300 Å². The highest BCUT2D eigenvalue weighted by Gasteiger charge is 2.46. The third kappa shape index (κ3) is 6.74. The van der Waals surface area contributed by atoms with E-state index in [9.17, 15) is 0 Å². The summed E-state index contributed by atoms with van der Waals surface area (Å²) in [4.78, 5) is 2.44. The summed E-state index contributed by atoms with van der Waals surface area (Å²) in [5.41, 5.74) is 21.2. The topological polar surface area (TPSA) is 8.17 Å². The molecule has 0 amide bonds. The van der Waals surface area contributed by atoms with Gasteiger partial charge in [-0.15, -0.1) is 0 Å². The SMILES string of the molecule is c1ccc(C2(c3ccccc3)c3ccccc3-c3ccc(N(c4ccc(-c5ccccc5)cc4)c4cccc(C5=CC(c6ccc7c(c6)c6ccccc6n7-c6ccccc6)=CCC5)c4)cc32)cc#1. The smallest absolute Gasteiger partial charge is 0.0720 e. The maximum absolute atomic E-state index is 3.33. The first kappa shape index (κ1) is 40.4. The number of fused-ring (bicyclic) bond motifs is 6. The van der Waals surface area contributed by atoms with Crippen molar-refractivity contribution in [3.63, 3.8) is 0 Å². The van der Waals surface area contributed by atoms with Gasteiger partial charge in [0, 0.05) is 33.5 Å². The fourth-order valence-corrected chi connectivity index (χ4v) is 11.3. The van der Waals surface area contributed by atoms with E-state index in [0.717, 1.165) is 29.9 Å². The van der Waals surface area contributed by atoms with Gasteiger partial charge in [0.05, 0.1) is 16.4 Å². The van der Waals surface area contributed by atoms with E-state index >= 15 is 0 Å². The highest BCUT2D eigenvalue weighted by atomic mass is 15.1. The molecule has 1 atom stereocenters. The number of anilines is 3. The predicted molar refractivity (Wildman–Crippen MR) is 288 cm³/mol. The van der Waals surface area contributed by atoms with Gasteiger partial charge < -0.3 is 9.47 Å². The van der Waals surface area contributed by atoms with E-state index < -0.39 is 5.41 Å². The molecule has 2 heteroatoms. The number of benzene rings is 9. The van der Waals surface area contributed by atoms with Crippen LogP contribution in [0, 0.1) is 12.1 Å². The Morgan fingerprint density at radius 1 is 0.435 bits per heavy atom. The second kappa shape index (κ2) is 16.8. The minimum absolute atomic E-state index is 0.561. The molecule has 2 nitrogen and oxygen atoms in total. The van der Waals surface area contributed by atoms with E-state index in [1.165, 1.54) is 94.3 Å². The van der Waals surface area contributed by atoms with E-state index in [1.807, 2.05) is 6.07 Å². The second-order valence-corrected chi connectivity index (χ2v) is 18.2. The van der Waals surface area contributed by atoms with Crippen molar-refractivity contribution >= 4 is 50.0 Å². The molecule has 0 aliphatic heterocycles. The molecule has 0 fully saturated rings. The molecule has 324 valence electrons. The maximum Gasteiger partial charge on any atom is 0.0720 e. The summed E-state index contributed by atoms with van der Waals surface area (Å²) in [5, 5.41) is 2.53. The van der Waals surface area contributed by atoms with Crippen molar-refractivity contribution in [2.45, 2.75) is 18.3 Å². The predicted octanol–water partition coefficient (Wildman–Crippen LogP) is 17.1. The lowest BCUT2D eigenvalue weighted by Crippen LogP contribution is -2.28. The number of aromatic nitrogens is 1. The van der Waals surface area contributed by atoms with Crippen LogP contribution in [0.15, 0.2) is 255 Å². The Labute approximate surface area is 404 Å². The number of rotatable bonds is 9. The van der Waals surface area contributed by atoms with E-state index in [-0.39, 0.29) is 0 Å². The van der Waals surface area contributed by atoms with Crippen molar-refractivity contribution in [1.29, 1.82) is 0 Å². The van der Waals surface area contributed by atoms with Gasteiger partial charge >= 0.3 is 0 Å². The largest absolute Gasteiger partial charge is 0.310 e. The second-order valence-electron chi connectivity index (χ2n) is 18.2. The quantitative estimate of drug-likeness (QED) is 0.140.